The van der Waals surface area contributed by atoms with Gasteiger partial charge in [-0.25, -0.2) is 8.42 Å². The van der Waals surface area contributed by atoms with E-state index in [4.69, 9.17) is 0 Å². The number of amidine groups is 1. The number of likely N-dealkylation sites (tertiary alicyclic amines) is 1. The topological polar surface area (TPSA) is 90.9 Å². The molecule has 0 bridgehead atoms. The molecule has 1 fully saturated rings. The van der Waals surface area contributed by atoms with Gasteiger partial charge in [-0.1, -0.05) is 12.1 Å². The first-order valence-corrected chi connectivity index (χ1v) is 10.1. The molecule has 0 unspecified atom stereocenters. The van der Waals surface area contributed by atoms with Gasteiger partial charge in [0.05, 0.1) is 4.90 Å². The van der Waals surface area contributed by atoms with Crippen molar-refractivity contribution in [1.29, 1.82) is 0 Å². The van der Waals surface area contributed by atoms with Gasteiger partial charge in [0.15, 0.2) is 0 Å². The third-order valence-corrected chi connectivity index (χ3v) is 6.13. The Hall–Kier alpha value is -1.93. The van der Waals surface area contributed by atoms with E-state index in [0.717, 1.165) is 25.9 Å². The van der Waals surface area contributed by atoms with Crippen LogP contribution in [0, 0.1) is 0 Å². The third-order valence-electron chi connectivity index (χ3n) is 4.74. The number of rotatable bonds is 5. The number of nitrogens with zero attached hydrogens (tertiary/aromatic N) is 2. The molecule has 3 rings (SSSR count). The van der Waals surface area contributed by atoms with Crippen LogP contribution in [-0.2, 0) is 14.8 Å². The van der Waals surface area contributed by atoms with Crippen LogP contribution in [0.3, 0.4) is 0 Å². The second-order valence-electron chi connectivity index (χ2n) is 6.38. The van der Waals surface area contributed by atoms with E-state index >= 15 is 0 Å². The summed E-state index contributed by atoms with van der Waals surface area (Å²) in [6, 6.07) is 7.29. The molecule has 1 aromatic carbocycles. The van der Waals surface area contributed by atoms with E-state index in [2.05, 4.69) is 15.0 Å². The van der Waals surface area contributed by atoms with Crippen LogP contribution in [0.2, 0.25) is 0 Å². The van der Waals surface area contributed by atoms with Gasteiger partial charge in [-0.15, -0.1) is 0 Å². The Bertz CT molecular complexity index is 768. The number of hydrogen-bond donors (Lipinski definition) is 2. The van der Waals surface area contributed by atoms with Crippen molar-refractivity contribution in [2.75, 3.05) is 26.7 Å². The lowest BCUT2D eigenvalue weighted by molar-refractivity contribution is -0.132. The Morgan fingerprint density at radius 2 is 2.04 bits per heavy atom. The zero-order valence-electron chi connectivity index (χ0n) is 14.4. The number of aliphatic imine (C=N–C) groups is 1. The molecule has 7 nitrogen and oxygen atoms in total. The van der Waals surface area contributed by atoms with Gasteiger partial charge in [0.25, 0.3) is 10.0 Å². The molecule has 0 aliphatic carbocycles. The number of carbonyl (C=O) groups excluding carboxylic acids is 1. The van der Waals surface area contributed by atoms with Crippen molar-refractivity contribution in [2.24, 2.45) is 4.99 Å². The molecular weight excluding hydrogens is 340 g/mol. The van der Waals surface area contributed by atoms with Crippen LogP contribution in [-0.4, -0.2) is 57.8 Å². The Morgan fingerprint density at radius 3 is 2.76 bits per heavy atom. The molecule has 136 valence electrons. The summed E-state index contributed by atoms with van der Waals surface area (Å²) in [4.78, 5) is 18.8. The van der Waals surface area contributed by atoms with Crippen LogP contribution in [0.25, 0.3) is 0 Å². The van der Waals surface area contributed by atoms with Crippen LogP contribution in [0.5, 0.6) is 0 Å². The average molecular weight is 364 g/mol. The van der Waals surface area contributed by atoms with E-state index in [-0.39, 0.29) is 10.8 Å². The maximum Gasteiger partial charge on any atom is 0.263 e. The van der Waals surface area contributed by atoms with Crippen LogP contribution in [0.1, 0.15) is 31.2 Å². The van der Waals surface area contributed by atoms with Crippen molar-refractivity contribution in [3.8, 4) is 0 Å². The van der Waals surface area contributed by atoms with E-state index in [0.29, 0.717) is 36.8 Å². The molecule has 2 N–H and O–H groups in total. The molecule has 2 aliphatic rings. The lowest BCUT2D eigenvalue weighted by Crippen LogP contribution is -2.43. The molecule has 8 heteroatoms. The fourth-order valence-corrected chi connectivity index (χ4v) is 4.50. The highest BCUT2D eigenvalue weighted by Crippen LogP contribution is 2.22. The second-order valence-corrected chi connectivity index (χ2v) is 8.03. The van der Waals surface area contributed by atoms with Crippen LogP contribution < -0.4 is 10.0 Å². The Labute approximate surface area is 148 Å². The van der Waals surface area contributed by atoms with Crippen molar-refractivity contribution in [3.63, 3.8) is 0 Å². The minimum absolute atomic E-state index is 0.155. The predicted molar refractivity (Wildman–Crippen MR) is 96.1 cm³/mol. The predicted octanol–water partition coefficient (Wildman–Crippen LogP) is 0.716. The van der Waals surface area contributed by atoms with E-state index < -0.39 is 10.0 Å². The highest BCUT2D eigenvalue weighted by Gasteiger charge is 2.30. The summed E-state index contributed by atoms with van der Waals surface area (Å²) < 4.78 is 26.5. The summed E-state index contributed by atoms with van der Waals surface area (Å²) in [5.74, 6) is 0.528. The van der Waals surface area contributed by atoms with Gasteiger partial charge in [-0.05, 0) is 38.4 Å². The number of piperidine rings is 1. The van der Waals surface area contributed by atoms with Crippen molar-refractivity contribution in [2.45, 2.75) is 36.6 Å². The number of benzene rings is 1. The van der Waals surface area contributed by atoms with Gasteiger partial charge in [0.2, 0.25) is 5.91 Å². The number of sulfonamides is 1. The van der Waals surface area contributed by atoms with Crippen molar-refractivity contribution in [1.82, 2.24) is 14.9 Å². The van der Waals surface area contributed by atoms with Crippen molar-refractivity contribution in [3.05, 3.63) is 29.8 Å². The van der Waals surface area contributed by atoms with E-state index in [1.165, 1.54) is 0 Å². The largest absolute Gasteiger partial charge is 0.343 e. The average Bonchev–Trinajstić information content (AvgIpc) is 2.89. The van der Waals surface area contributed by atoms with Gasteiger partial charge in [-0.3, -0.25) is 14.5 Å². The molecule has 1 saturated heterocycles. The number of fused-ring (bicyclic) bond motifs is 1. The second kappa shape index (κ2) is 7.53. The quantitative estimate of drug-likeness (QED) is 0.753. The molecule has 1 aromatic rings. The summed E-state index contributed by atoms with van der Waals surface area (Å²) in [5, 5.41) is 3.25. The number of carbonyl (C=O) groups is 1. The maximum absolute atomic E-state index is 12.2. The fraction of sp³-hybridized carbons (Fsp3) is 0.529. The standard InChI is InChI=1S/C17H24N4O3S/c1-18-13-8-11-21(12-9-13)16(22)7-4-10-19-17-14-5-2-3-6-15(14)25(23,24)20-17/h2-3,5-6,13,18H,4,7-12H2,1H3,(H,19,20). The Morgan fingerprint density at radius 1 is 1.32 bits per heavy atom. The minimum atomic E-state index is -3.50. The van der Waals surface area contributed by atoms with E-state index in [1.54, 1.807) is 24.3 Å². The SMILES string of the molecule is CNC1CCN(C(=O)CCCN=C2NS(=O)(=O)c3ccccc32)CC1. The lowest BCUT2D eigenvalue weighted by atomic mass is 10.0. The molecule has 0 aromatic heterocycles. The van der Waals surface area contributed by atoms with Gasteiger partial charge in [-0.2, -0.15) is 0 Å². The van der Waals surface area contributed by atoms with Crippen LogP contribution >= 0.6 is 0 Å². The zero-order valence-corrected chi connectivity index (χ0v) is 15.2. The Balaban J connectivity index is 1.51. The molecule has 0 saturated carbocycles. The summed E-state index contributed by atoms with van der Waals surface area (Å²) in [6.45, 7) is 2.02. The smallest absolute Gasteiger partial charge is 0.263 e. The van der Waals surface area contributed by atoms with Gasteiger partial charge < -0.3 is 10.2 Å². The van der Waals surface area contributed by atoms with E-state index in [9.17, 15) is 13.2 Å². The highest BCUT2D eigenvalue weighted by molar-refractivity contribution is 7.90. The first-order chi connectivity index (χ1) is 12.0. The van der Waals surface area contributed by atoms with Gasteiger partial charge >= 0.3 is 0 Å². The molecule has 0 spiro atoms. The molecule has 2 heterocycles. The van der Waals surface area contributed by atoms with Crippen molar-refractivity contribution < 1.29 is 13.2 Å². The normalized spacial score (nSPS) is 21.2. The fourth-order valence-electron chi connectivity index (χ4n) is 3.25. The minimum Gasteiger partial charge on any atom is -0.343 e. The summed E-state index contributed by atoms with van der Waals surface area (Å²) in [7, 11) is -1.54. The first-order valence-electron chi connectivity index (χ1n) is 8.63. The summed E-state index contributed by atoms with van der Waals surface area (Å²) >= 11 is 0. The summed E-state index contributed by atoms with van der Waals surface area (Å²) in [5.41, 5.74) is 0.600. The monoisotopic (exact) mass is 364 g/mol. The Kier molecular flexibility index (Phi) is 5.39. The van der Waals surface area contributed by atoms with Crippen LogP contribution in [0.4, 0.5) is 0 Å². The number of hydrogen-bond acceptors (Lipinski definition) is 5. The van der Waals surface area contributed by atoms with Gasteiger partial charge in [0, 0.05) is 37.7 Å². The maximum atomic E-state index is 12.2. The summed E-state index contributed by atoms with van der Waals surface area (Å²) in [6.07, 6.45) is 3.03. The molecule has 25 heavy (non-hydrogen) atoms. The third kappa shape index (κ3) is 4.01. The molecule has 0 radical (unpaired) electrons. The highest BCUT2D eigenvalue weighted by atomic mass is 32.2. The van der Waals surface area contributed by atoms with Gasteiger partial charge in [0.1, 0.15) is 5.84 Å². The number of nitrogens with one attached hydrogen (secondary N) is 2. The molecular formula is C17H24N4O3S. The molecule has 2 aliphatic heterocycles. The first kappa shape index (κ1) is 17.9. The molecule has 0 atom stereocenters. The zero-order chi connectivity index (χ0) is 17.9. The van der Waals surface area contributed by atoms with E-state index in [1.807, 2.05) is 11.9 Å². The number of amides is 1. The lowest BCUT2D eigenvalue weighted by Gasteiger charge is -2.31. The van der Waals surface area contributed by atoms with Crippen molar-refractivity contribution >= 4 is 21.8 Å². The molecule has 1 amide bonds. The van der Waals surface area contributed by atoms with Crippen LogP contribution in [0.15, 0.2) is 34.2 Å².